The first-order chi connectivity index (χ1) is 13.2. The number of carboxylic acid groups (broad SMARTS) is 1. The molecule has 0 bridgehead atoms. The van der Waals surface area contributed by atoms with Crippen molar-refractivity contribution in [2.24, 2.45) is 5.73 Å². The number of nitrogens with two attached hydrogens (primary N) is 1. The van der Waals surface area contributed by atoms with Crippen molar-refractivity contribution in [2.45, 2.75) is 109 Å². The molecular weight excluding hydrogens is 360 g/mol. The van der Waals surface area contributed by atoms with E-state index in [0.29, 0.717) is 19.4 Å². The lowest BCUT2D eigenvalue weighted by Gasteiger charge is -2.16. The second-order valence-electron chi connectivity index (χ2n) is 8.04. The average Bonchev–Trinajstić information content (AvgIpc) is 3.06. The summed E-state index contributed by atoms with van der Waals surface area (Å²) in [6, 6.07) is -0.641. The monoisotopic (exact) mass is 400 g/mol. The molecule has 1 aliphatic rings. The van der Waals surface area contributed by atoms with Crippen LogP contribution in [-0.2, 0) is 19.1 Å². The maximum atomic E-state index is 11.4. The van der Waals surface area contributed by atoms with Gasteiger partial charge in [0.15, 0.2) is 0 Å². The van der Waals surface area contributed by atoms with Crippen LogP contribution < -0.4 is 11.1 Å². The number of nitrogens with one attached hydrogen (secondary N) is 1. The van der Waals surface area contributed by atoms with Crippen molar-refractivity contribution in [1.82, 2.24) is 5.32 Å². The first-order valence-electron chi connectivity index (χ1n) is 10.7. The zero-order valence-corrected chi connectivity index (χ0v) is 17.9. The molecule has 1 amide bonds. The maximum absolute atomic E-state index is 11.4. The SMILES string of the molecule is CCCCCCCCCCCCOC(=O)C(C)(C)N.O=C1CCC(C(=O)O)N1. The van der Waals surface area contributed by atoms with Gasteiger partial charge >= 0.3 is 11.9 Å². The van der Waals surface area contributed by atoms with Crippen molar-refractivity contribution in [3.63, 3.8) is 0 Å². The van der Waals surface area contributed by atoms with Gasteiger partial charge in [0, 0.05) is 6.42 Å². The molecule has 0 radical (unpaired) electrons. The quantitative estimate of drug-likeness (QED) is 0.321. The predicted octanol–water partition coefficient (Wildman–Crippen LogP) is 3.54. The highest BCUT2D eigenvalue weighted by Crippen LogP contribution is 2.11. The average molecular weight is 401 g/mol. The van der Waals surface area contributed by atoms with Crippen LogP contribution >= 0.6 is 0 Å². The van der Waals surface area contributed by atoms with E-state index in [-0.39, 0.29) is 11.9 Å². The first kappa shape index (κ1) is 26.4. The minimum atomic E-state index is -0.944. The van der Waals surface area contributed by atoms with Crippen LogP contribution in [0.2, 0.25) is 0 Å². The van der Waals surface area contributed by atoms with Gasteiger partial charge in [-0.3, -0.25) is 9.59 Å². The van der Waals surface area contributed by atoms with Gasteiger partial charge in [0.05, 0.1) is 6.61 Å². The number of carbonyl (C=O) groups is 3. The minimum absolute atomic E-state index is 0.164. The van der Waals surface area contributed by atoms with Crippen LogP contribution in [0.15, 0.2) is 0 Å². The highest BCUT2D eigenvalue weighted by atomic mass is 16.5. The van der Waals surface area contributed by atoms with Crippen LogP contribution in [0.3, 0.4) is 0 Å². The highest BCUT2D eigenvalue weighted by molar-refractivity contribution is 5.87. The molecule has 0 saturated carbocycles. The number of esters is 1. The second kappa shape index (κ2) is 15.3. The van der Waals surface area contributed by atoms with Crippen molar-refractivity contribution in [1.29, 1.82) is 0 Å². The third kappa shape index (κ3) is 14.4. The summed E-state index contributed by atoms with van der Waals surface area (Å²) < 4.78 is 5.11. The third-order valence-corrected chi connectivity index (χ3v) is 4.55. The number of ether oxygens (including phenoxy) is 1. The Hall–Kier alpha value is -1.63. The number of hydrogen-bond acceptors (Lipinski definition) is 5. The Morgan fingerprint density at radius 3 is 1.93 bits per heavy atom. The molecule has 4 N–H and O–H groups in total. The molecule has 0 aliphatic carbocycles. The zero-order valence-electron chi connectivity index (χ0n) is 17.9. The van der Waals surface area contributed by atoms with Gasteiger partial charge in [-0.1, -0.05) is 64.7 Å². The Bertz CT molecular complexity index is 460. The summed E-state index contributed by atoms with van der Waals surface area (Å²) in [5.41, 5.74) is 4.77. The van der Waals surface area contributed by atoms with Gasteiger partial charge in [0.25, 0.3) is 0 Å². The van der Waals surface area contributed by atoms with E-state index in [1.165, 1.54) is 51.4 Å². The fraction of sp³-hybridized carbons (Fsp3) is 0.857. The van der Waals surface area contributed by atoms with Crippen molar-refractivity contribution < 1.29 is 24.2 Å². The van der Waals surface area contributed by atoms with E-state index in [9.17, 15) is 14.4 Å². The summed E-state index contributed by atoms with van der Waals surface area (Å²) in [5, 5.41) is 10.6. The number of carbonyl (C=O) groups excluding carboxylic acids is 2. The summed E-state index contributed by atoms with van der Waals surface area (Å²) in [4.78, 5) is 31.9. The molecule has 1 unspecified atom stereocenters. The summed E-state index contributed by atoms with van der Waals surface area (Å²) in [5.74, 6) is -1.41. The number of amides is 1. The summed E-state index contributed by atoms with van der Waals surface area (Å²) in [6.07, 6.45) is 13.6. The van der Waals surface area contributed by atoms with E-state index in [2.05, 4.69) is 12.2 Å². The lowest BCUT2D eigenvalue weighted by atomic mass is 10.1. The van der Waals surface area contributed by atoms with Crippen LogP contribution in [0.1, 0.15) is 97.8 Å². The molecule has 7 nitrogen and oxygen atoms in total. The molecule has 1 fully saturated rings. The Morgan fingerprint density at radius 2 is 1.57 bits per heavy atom. The number of rotatable bonds is 13. The molecule has 28 heavy (non-hydrogen) atoms. The number of carboxylic acids is 1. The lowest BCUT2D eigenvalue weighted by Crippen LogP contribution is -2.42. The summed E-state index contributed by atoms with van der Waals surface area (Å²) >= 11 is 0. The Kier molecular flexibility index (Phi) is 14.4. The smallest absolute Gasteiger partial charge is 0.326 e. The standard InChI is InChI=1S/C16H33NO2.C5H7NO3/c1-4-5-6-7-8-9-10-11-12-13-14-19-15(18)16(2,3)17;7-4-2-1-3(6-4)5(8)9/h4-14,17H2,1-3H3;3H,1-2H2,(H,6,7)(H,8,9). The van der Waals surface area contributed by atoms with Crippen LogP contribution in [0, 0.1) is 0 Å². The lowest BCUT2D eigenvalue weighted by molar-refractivity contribution is -0.149. The Balaban J connectivity index is 0.000000668. The normalized spacial score (nSPS) is 16.1. The van der Waals surface area contributed by atoms with Crippen molar-refractivity contribution in [2.75, 3.05) is 6.61 Å². The molecule has 1 saturated heterocycles. The van der Waals surface area contributed by atoms with Gasteiger partial charge < -0.3 is 20.9 Å². The molecule has 0 aromatic rings. The van der Waals surface area contributed by atoms with Crippen LogP contribution in [0.4, 0.5) is 0 Å². The predicted molar refractivity (Wildman–Crippen MR) is 110 cm³/mol. The van der Waals surface area contributed by atoms with Crippen molar-refractivity contribution in [3.05, 3.63) is 0 Å². The largest absolute Gasteiger partial charge is 0.480 e. The number of unbranched alkanes of at least 4 members (excludes halogenated alkanes) is 9. The molecule has 7 heteroatoms. The highest BCUT2D eigenvalue weighted by Gasteiger charge is 2.26. The minimum Gasteiger partial charge on any atom is -0.480 e. The molecule has 1 atom stereocenters. The molecule has 0 aromatic carbocycles. The molecule has 1 aliphatic heterocycles. The van der Waals surface area contributed by atoms with E-state index in [0.717, 1.165) is 12.8 Å². The molecule has 0 aromatic heterocycles. The second-order valence-corrected chi connectivity index (χ2v) is 8.04. The number of aliphatic carboxylic acids is 1. The van der Waals surface area contributed by atoms with E-state index >= 15 is 0 Å². The maximum Gasteiger partial charge on any atom is 0.326 e. The van der Waals surface area contributed by atoms with Crippen LogP contribution in [0.5, 0.6) is 0 Å². The van der Waals surface area contributed by atoms with Gasteiger partial charge in [-0.25, -0.2) is 4.79 Å². The van der Waals surface area contributed by atoms with Crippen LogP contribution in [0.25, 0.3) is 0 Å². The van der Waals surface area contributed by atoms with Gasteiger partial charge in [0.1, 0.15) is 11.6 Å². The van der Waals surface area contributed by atoms with Gasteiger partial charge in [-0.15, -0.1) is 0 Å². The molecule has 164 valence electrons. The molecule has 1 heterocycles. The fourth-order valence-corrected chi connectivity index (χ4v) is 2.74. The van der Waals surface area contributed by atoms with Gasteiger partial charge in [-0.05, 0) is 26.7 Å². The zero-order chi connectivity index (χ0) is 21.4. The van der Waals surface area contributed by atoms with Gasteiger partial charge in [0.2, 0.25) is 5.91 Å². The fourth-order valence-electron chi connectivity index (χ4n) is 2.74. The van der Waals surface area contributed by atoms with Crippen molar-refractivity contribution >= 4 is 17.8 Å². The summed E-state index contributed by atoms with van der Waals surface area (Å²) in [6.45, 7) is 6.11. The summed E-state index contributed by atoms with van der Waals surface area (Å²) in [7, 11) is 0. The molecule has 0 spiro atoms. The van der Waals surface area contributed by atoms with Crippen molar-refractivity contribution in [3.8, 4) is 0 Å². The topological polar surface area (TPSA) is 119 Å². The van der Waals surface area contributed by atoms with E-state index in [1.54, 1.807) is 13.8 Å². The van der Waals surface area contributed by atoms with E-state index in [1.807, 2.05) is 0 Å². The van der Waals surface area contributed by atoms with Crippen LogP contribution in [-0.4, -0.2) is 41.1 Å². The number of hydrogen-bond donors (Lipinski definition) is 3. The molecular formula is C21H40N2O5. The molecule has 1 rings (SSSR count). The Labute approximate surface area is 169 Å². The third-order valence-electron chi connectivity index (χ3n) is 4.55. The van der Waals surface area contributed by atoms with E-state index < -0.39 is 17.6 Å². The Morgan fingerprint density at radius 1 is 1.07 bits per heavy atom. The first-order valence-corrected chi connectivity index (χ1v) is 10.7. The van der Waals surface area contributed by atoms with E-state index in [4.69, 9.17) is 15.6 Å². The van der Waals surface area contributed by atoms with Gasteiger partial charge in [-0.2, -0.15) is 0 Å².